The molecule has 0 spiro atoms. The number of hydrogen-bond acceptors (Lipinski definition) is 6. The standard InChI is InChI=1S/C23H33N5O3/c1-16-24-25-21(28(16)17-10-11-17)15-26-12-13-27(22(29)31-23(2,3)4)14-19(26)18-8-6-7-9-20(18)30-5/h6-9,17,19H,10-15H2,1-5H3/t19-/m1/s1. The fraction of sp³-hybridized carbons (Fsp3) is 0.609. The highest BCUT2D eigenvalue weighted by atomic mass is 16.6. The number of aromatic nitrogens is 3. The minimum atomic E-state index is -0.521. The molecule has 1 saturated carbocycles. The number of methoxy groups -OCH3 is 1. The second-order valence-corrected chi connectivity index (χ2v) is 9.42. The van der Waals surface area contributed by atoms with E-state index in [1.165, 1.54) is 12.8 Å². The summed E-state index contributed by atoms with van der Waals surface area (Å²) in [6, 6.07) is 8.52. The largest absolute Gasteiger partial charge is 0.496 e. The number of rotatable bonds is 5. The average Bonchev–Trinajstić information content (AvgIpc) is 3.50. The Bertz CT molecular complexity index is 932. The van der Waals surface area contributed by atoms with Gasteiger partial charge in [-0.1, -0.05) is 18.2 Å². The fourth-order valence-corrected chi connectivity index (χ4v) is 4.25. The lowest BCUT2D eigenvalue weighted by atomic mass is 10.0. The van der Waals surface area contributed by atoms with Gasteiger partial charge in [-0.15, -0.1) is 10.2 Å². The fourth-order valence-electron chi connectivity index (χ4n) is 4.25. The topological polar surface area (TPSA) is 72.7 Å². The van der Waals surface area contributed by atoms with Gasteiger partial charge in [-0.25, -0.2) is 4.79 Å². The molecule has 2 aliphatic rings. The molecule has 1 aliphatic heterocycles. The van der Waals surface area contributed by atoms with Crippen LogP contribution >= 0.6 is 0 Å². The van der Waals surface area contributed by atoms with Crippen molar-refractivity contribution in [1.82, 2.24) is 24.6 Å². The van der Waals surface area contributed by atoms with Crippen LogP contribution in [0.5, 0.6) is 5.75 Å². The van der Waals surface area contributed by atoms with Crippen molar-refractivity contribution in [3.63, 3.8) is 0 Å². The van der Waals surface area contributed by atoms with Gasteiger partial charge in [0.2, 0.25) is 0 Å². The molecule has 8 heteroatoms. The van der Waals surface area contributed by atoms with Gasteiger partial charge in [0.25, 0.3) is 0 Å². The van der Waals surface area contributed by atoms with Gasteiger partial charge in [-0.2, -0.15) is 0 Å². The zero-order valence-electron chi connectivity index (χ0n) is 19.2. The van der Waals surface area contributed by atoms with Crippen molar-refractivity contribution in [3.05, 3.63) is 41.5 Å². The molecule has 168 valence electrons. The minimum Gasteiger partial charge on any atom is -0.496 e. The van der Waals surface area contributed by atoms with Crippen LogP contribution in [0, 0.1) is 6.92 Å². The molecule has 31 heavy (non-hydrogen) atoms. The van der Waals surface area contributed by atoms with Gasteiger partial charge in [0.05, 0.1) is 19.7 Å². The second kappa shape index (κ2) is 8.49. The SMILES string of the molecule is COc1ccccc1[C@H]1CN(C(=O)OC(C)(C)C)CCN1Cc1nnc(C)n1C1CC1. The molecule has 8 nitrogen and oxygen atoms in total. The summed E-state index contributed by atoms with van der Waals surface area (Å²) in [6.07, 6.45) is 2.10. The number of carbonyl (C=O) groups is 1. The molecule has 0 N–H and O–H groups in total. The summed E-state index contributed by atoms with van der Waals surface area (Å²) in [6.45, 7) is 10.3. The first-order valence-corrected chi connectivity index (χ1v) is 11.0. The zero-order chi connectivity index (χ0) is 22.2. The third kappa shape index (κ3) is 4.84. The minimum absolute atomic E-state index is 0.0259. The highest BCUT2D eigenvalue weighted by molar-refractivity contribution is 5.68. The molecule has 2 heterocycles. The van der Waals surface area contributed by atoms with E-state index < -0.39 is 5.60 Å². The van der Waals surface area contributed by atoms with E-state index in [2.05, 4.69) is 25.7 Å². The first-order chi connectivity index (χ1) is 14.8. The second-order valence-electron chi connectivity index (χ2n) is 9.42. The van der Waals surface area contributed by atoms with Gasteiger partial charge in [-0.3, -0.25) is 4.90 Å². The number of amides is 1. The summed E-state index contributed by atoms with van der Waals surface area (Å²) in [5.41, 5.74) is 0.541. The van der Waals surface area contributed by atoms with Crippen LogP contribution in [0.1, 0.15) is 62.9 Å². The Morgan fingerprint density at radius 2 is 1.90 bits per heavy atom. The number of piperazine rings is 1. The normalized spacial score (nSPS) is 20.0. The molecular weight excluding hydrogens is 394 g/mol. The molecule has 1 aromatic carbocycles. The molecule has 1 saturated heterocycles. The highest BCUT2D eigenvalue weighted by Gasteiger charge is 2.36. The van der Waals surface area contributed by atoms with E-state index in [9.17, 15) is 4.79 Å². The smallest absolute Gasteiger partial charge is 0.410 e. The lowest BCUT2D eigenvalue weighted by Gasteiger charge is -2.42. The van der Waals surface area contributed by atoms with Crippen LogP contribution in [0.25, 0.3) is 0 Å². The summed E-state index contributed by atoms with van der Waals surface area (Å²) in [4.78, 5) is 17.0. The number of benzene rings is 1. The number of aryl methyl sites for hydroxylation is 1. The van der Waals surface area contributed by atoms with E-state index in [4.69, 9.17) is 9.47 Å². The lowest BCUT2D eigenvalue weighted by molar-refractivity contribution is 0.00116. The average molecular weight is 428 g/mol. The Morgan fingerprint density at radius 3 is 2.58 bits per heavy atom. The van der Waals surface area contributed by atoms with E-state index in [0.29, 0.717) is 25.7 Å². The predicted molar refractivity (Wildman–Crippen MR) is 117 cm³/mol. The Morgan fingerprint density at radius 1 is 1.16 bits per heavy atom. The predicted octanol–water partition coefficient (Wildman–Crippen LogP) is 3.72. The van der Waals surface area contributed by atoms with Crippen molar-refractivity contribution in [2.75, 3.05) is 26.7 Å². The first-order valence-electron chi connectivity index (χ1n) is 11.0. The third-order valence-electron chi connectivity index (χ3n) is 5.83. The molecule has 2 aromatic rings. The number of hydrogen-bond donors (Lipinski definition) is 0. The monoisotopic (exact) mass is 427 g/mol. The van der Waals surface area contributed by atoms with Crippen LogP contribution in [0.3, 0.4) is 0 Å². The molecule has 4 rings (SSSR count). The van der Waals surface area contributed by atoms with Crippen molar-refractivity contribution >= 4 is 6.09 Å². The molecule has 2 fully saturated rings. The van der Waals surface area contributed by atoms with Gasteiger partial charge in [-0.05, 0) is 46.6 Å². The molecule has 1 aromatic heterocycles. The van der Waals surface area contributed by atoms with E-state index in [1.54, 1.807) is 12.0 Å². The number of nitrogens with zero attached hydrogens (tertiary/aromatic N) is 5. The molecule has 1 atom stereocenters. The quantitative estimate of drug-likeness (QED) is 0.724. The molecule has 0 bridgehead atoms. The van der Waals surface area contributed by atoms with Crippen LogP contribution in [0.4, 0.5) is 4.79 Å². The maximum Gasteiger partial charge on any atom is 0.410 e. The van der Waals surface area contributed by atoms with Gasteiger partial charge in [0.15, 0.2) is 0 Å². The van der Waals surface area contributed by atoms with Crippen molar-refractivity contribution in [2.45, 2.75) is 64.8 Å². The van der Waals surface area contributed by atoms with Gasteiger partial charge >= 0.3 is 6.09 Å². The van der Waals surface area contributed by atoms with E-state index in [0.717, 1.165) is 29.5 Å². The molecular formula is C23H33N5O3. The molecule has 0 radical (unpaired) electrons. The molecule has 1 aliphatic carbocycles. The highest BCUT2D eigenvalue weighted by Crippen LogP contribution is 2.38. The van der Waals surface area contributed by atoms with Crippen LogP contribution in [-0.4, -0.2) is 63.0 Å². The first kappa shape index (κ1) is 21.6. The Labute approximate surface area is 184 Å². The summed E-state index contributed by atoms with van der Waals surface area (Å²) in [7, 11) is 1.69. The van der Waals surface area contributed by atoms with E-state index in [1.807, 2.05) is 45.9 Å². The number of para-hydroxylation sites is 1. The van der Waals surface area contributed by atoms with Gasteiger partial charge in [0.1, 0.15) is 23.0 Å². The maximum atomic E-state index is 12.8. The van der Waals surface area contributed by atoms with Gasteiger partial charge < -0.3 is 18.9 Å². The Balaban J connectivity index is 1.61. The lowest BCUT2D eigenvalue weighted by Crippen LogP contribution is -2.51. The van der Waals surface area contributed by atoms with Crippen molar-refractivity contribution in [3.8, 4) is 5.75 Å². The number of ether oxygens (including phenoxy) is 2. The van der Waals surface area contributed by atoms with Crippen LogP contribution in [-0.2, 0) is 11.3 Å². The molecule has 0 unspecified atom stereocenters. The number of carbonyl (C=O) groups excluding carboxylic acids is 1. The maximum absolute atomic E-state index is 12.8. The van der Waals surface area contributed by atoms with Crippen molar-refractivity contribution < 1.29 is 14.3 Å². The Kier molecular flexibility index (Phi) is 5.92. The summed E-state index contributed by atoms with van der Waals surface area (Å²) in [5.74, 6) is 2.78. The van der Waals surface area contributed by atoms with E-state index in [-0.39, 0.29) is 12.1 Å². The summed E-state index contributed by atoms with van der Waals surface area (Å²) in [5, 5.41) is 8.81. The molecule has 1 amide bonds. The van der Waals surface area contributed by atoms with Gasteiger partial charge in [0, 0.05) is 31.2 Å². The van der Waals surface area contributed by atoms with Crippen LogP contribution < -0.4 is 4.74 Å². The summed E-state index contributed by atoms with van der Waals surface area (Å²) >= 11 is 0. The van der Waals surface area contributed by atoms with Crippen molar-refractivity contribution in [1.29, 1.82) is 0 Å². The zero-order valence-corrected chi connectivity index (χ0v) is 19.2. The van der Waals surface area contributed by atoms with Crippen molar-refractivity contribution in [2.24, 2.45) is 0 Å². The third-order valence-corrected chi connectivity index (χ3v) is 5.83. The summed E-state index contributed by atoms with van der Waals surface area (Å²) < 4.78 is 13.6. The van der Waals surface area contributed by atoms with Crippen LogP contribution in [0.15, 0.2) is 24.3 Å². The van der Waals surface area contributed by atoms with Crippen LogP contribution in [0.2, 0.25) is 0 Å². The van der Waals surface area contributed by atoms with E-state index >= 15 is 0 Å². The Hall–Kier alpha value is -2.61.